The minimum Gasteiger partial charge on any atom is -0.457 e. The maximum atomic E-state index is 6.90. The van der Waals surface area contributed by atoms with Gasteiger partial charge in [-0.2, -0.15) is 0 Å². The van der Waals surface area contributed by atoms with E-state index in [2.05, 4.69) is 253 Å². The van der Waals surface area contributed by atoms with Crippen LogP contribution in [-0.2, 0) is 10.8 Å². The van der Waals surface area contributed by atoms with E-state index in [1.165, 1.54) is 38.1 Å². The van der Waals surface area contributed by atoms with Gasteiger partial charge in [-0.15, -0.1) is 0 Å². The Labute approximate surface area is 435 Å². The lowest BCUT2D eigenvalue weighted by molar-refractivity contribution is 0.483. The molecule has 5 aromatic heterocycles. The van der Waals surface area contributed by atoms with E-state index < -0.39 is 0 Å². The molecule has 8 aromatic carbocycles. The molecule has 75 heavy (non-hydrogen) atoms. The molecule has 13 aromatic rings. The van der Waals surface area contributed by atoms with E-state index in [-0.39, 0.29) is 10.8 Å². The van der Waals surface area contributed by atoms with Gasteiger partial charge in [0.25, 0.3) is 0 Å². The quantitative estimate of drug-likeness (QED) is 0.159. The second-order valence-electron chi connectivity index (χ2n) is 22.0. The third-order valence-electron chi connectivity index (χ3n) is 15.3. The number of para-hydroxylation sites is 5. The first-order valence-corrected chi connectivity index (χ1v) is 25.9. The van der Waals surface area contributed by atoms with Crippen LogP contribution in [-0.4, -0.2) is 30.3 Å². The highest BCUT2D eigenvalue weighted by atomic mass is 16.5. The number of hydrogen-bond donors (Lipinski definition) is 0. The molecule has 0 spiro atoms. The Morgan fingerprint density at radius 3 is 1.44 bits per heavy atom. The molecule has 0 amide bonds. The van der Waals surface area contributed by atoms with Crippen LogP contribution in [0.15, 0.2) is 213 Å². The third kappa shape index (κ3) is 7.11. The molecular formula is C67H55N7O. The molecule has 8 heteroatoms. The van der Waals surface area contributed by atoms with Crippen LogP contribution >= 0.6 is 0 Å². The van der Waals surface area contributed by atoms with Gasteiger partial charge in [0.15, 0.2) is 0 Å². The number of hydrogen-bond acceptors (Lipinski definition) is 5. The van der Waals surface area contributed by atoms with E-state index in [1.807, 2.05) is 24.7 Å². The Kier molecular flexibility index (Phi) is 9.92. The minimum absolute atomic E-state index is 0.0289. The molecule has 14 rings (SSSR count). The molecule has 0 bridgehead atoms. The summed E-state index contributed by atoms with van der Waals surface area (Å²) in [6.07, 6.45) is 5.85. The zero-order chi connectivity index (χ0) is 50.7. The van der Waals surface area contributed by atoms with Crippen LogP contribution < -0.4 is 14.5 Å². The van der Waals surface area contributed by atoms with Crippen LogP contribution in [0.3, 0.4) is 0 Å². The van der Waals surface area contributed by atoms with Crippen LogP contribution in [0.5, 0.6) is 11.5 Å². The van der Waals surface area contributed by atoms with Gasteiger partial charge in [-0.1, -0.05) is 139 Å². The summed E-state index contributed by atoms with van der Waals surface area (Å²) in [6.45, 7) is 14.2. The van der Waals surface area contributed by atoms with Crippen molar-refractivity contribution < 1.29 is 4.74 Å². The second kappa shape index (κ2) is 16.7. The molecule has 1 aliphatic heterocycles. The van der Waals surface area contributed by atoms with E-state index in [1.54, 1.807) is 0 Å². The summed E-state index contributed by atoms with van der Waals surface area (Å²) < 4.78 is 14.2. The van der Waals surface area contributed by atoms with Crippen molar-refractivity contribution in [3.05, 3.63) is 224 Å². The topological polar surface area (TPSA) is 56.3 Å². The van der Waals surface area contributed by atoms with Gasteiger partial charge in [-0.25, -0.2) is 4.98 Å². The molecule has 0 unspecified atom stereocenters. The highest BCUT2D eigenvalue weighted by molar-refractivity contribution is 6.13. The second-order valence-corrected chi connectivity index (χ2v) is 22.0. The maximum absolute atomic E-state index is 6.90. The third-order valence-corrected chi connectivity index (χ3v) is 15.3. The van der Waals surface area contributed by atoms with E-state index in [0.29, 0.717) is 6.67 Å². The maximum Gasteiger partial charge on any atom is 0.137 e. The number of ether oxygens (including phenoxy) is 1. The van der Waals surface area contributed by atoms with Crippen LogP contribution in [0.1, 0.15) is 52.7 Å². The lowest BCUT2D eigenvalue weighted by atomic mass is 9.85. The Bertz CT molecular complexity index is 4190. The summed E-state index contributed by atoms with van der Waals surface area (Å²) in [6, 6.07) is 70.1. The monoisotopic (exact) mass is 973 g/mol. The van der Waals surface area contributed by atoms with Crippen molar-refractivity contribution in [2.45, 2.75) is 52.4 Å². The van der Waals surface area contributed by atoms with Crippen molar-refractivity contribution in [1.82, 2.24) is 23.7 Å². The fourth-order valence-corrected chi connectivity index (χ4v) is 11.7. The van der Waals surface area contributed by atoms with E-state index >= 15 is 0 Å². The number of rotatable bonds is 7. The predicted octanol–water partition coefficient (Wildman–Crippen LogP) is 17.4. The average Bonchev–Trinajstić information content (AvgIpc) is 4.18. The van der Waals surface area contributed by atoms with Gasteiger partial charge < -0.3 is 23.7 Å². The molecule has 0 saturated heterocycles. The van der Waals surface area contributed by atoms with Gasteiger partial charge in [-0.05, 0) is 107 Å². The van der Waals surface area contributed by atoms with Gasteiger partial charge in [-0.3, -0.25) is 9.55 Å². The van der Waals surface area contributed by atoms with Gasteiger partial charge >= 0.3 is 0 Å². The van der Waals surface area contributed by atoms with Crippen LogP contribution in [0, 0.1) is 0 Å². The first-order chi connectivity index (χ1) is 36.5. The summed E-state index contributed by atoms with van der Waals surface area (Å²) in [5.41, 5.74) is 15.4. The Morgan fingerprint density at radius 2 is 0.893 bits per heavy atom. The molecule has 0 fully saturated rings. The normalized spacial score (nSPS) is 13.1. The molecule has 8 nitrogen and oxygen atoms in total. The molecule has 0 N–H and O–H groups in total. The molecular weight excluding hydrogens is 919 g/mol. The Hall–Kier alpha value is -9.14. The highest BCUT2D eigenvalue weighted by Gasteiger charge is 2.35. The van der Waals surface area contributed by atoms with Crippen LogP contribution in [0.25, 0.3) is 82.6 Å². The van der Waals surface area contributed by atoms with E-state index in [4.69, 9.17) is 14.7 Å². The average molecular weight is 974 g/mol. The minimum atomic E-state index is -0.186. The molecule has 6 heterocycles. The van der Waals surface area contributed by atoms with Crippen molar-refractivity contribution in [3.8, 4) is 28.7 Å². The van der Waals surface area contributed by atoms with E-state index in [0.717, 1.165) is 89.9 Å². The molecule has 0 saturated carbocycles. The number of anilines is 4. The molecule has 364 valence electrons. The fraction of sp³-hybridized carbons (Fsp3) is 0.134. The standard InChI is InChI=1S/C67H55N7O/c1-66(2,3)43-32-35-69-64(38-43)74-58-29-16-11-24-52(58)53-31-30-47(40-60(53)74)75-46-19-17-18-45(39-46)70-42-71(59-33-34-68-41-63(59)70)65-61(72-54-25-12-7-20-48(54)49-21-8-13-26-55(49)72)36-44(67(4,5)6)37-62(65)73-56-27-14-9-22-50(56)51-23-10-15-28-57(51)73/h7-41H,42H2,1-6H3. The summed E-state index contributed by atoms with van der Waals surface area (Å²) in [4.78, 5) is 14.6. The Balaban J connectivity index is 0.941. The number of aromatic nitrogens is 5. The van der Waals surface area contributed by atoms with E-state index in [9.17, 15) is 0 Å². The highest BCUT2D eigenvalue weighted by Crippen LogP contribution is 2.51. The van der Waals surface area contributed by atoms with Gasteiger partial charge in [0.2, 0.25) is 0 Å². The predicted molar refractivity (Wildman–Crippen MR) is 311 cm³/mol. The molecule has 0 radical (unpaired) electrons. The zero-order valence-electron chi connectivity index (χ0n) is 43.0. The number of nitrogens with zero attached hydrogens (tertiary/aromatic N) is 7. The van der Waals surface area contributed by atoms with Crippen molar-refractivity contribution in [2.24, 2.45) is 0 Å². The lowest BCUT2D eigenvalue weighted by Gasteiger charge is -2.31. The number of pyridine rings is 2. The lowest BCUT2D eigenvalue weighted by Crippen LogP contribution is -2.26. The molecule has 1 aliphatic rings. The number of fused-ring (bicyclic) bond motifs is 10. The summed E-state index contributed by atoms with van der Waals surface area (Å²) >= 11 is 0. The van der Waals surface area contributed by atoms with Crippen LogP contribution in [0.4, 0.5) is 22.7 Å². The number of benzene rings is 8. The van der Waals surface area contributed by atoms with Crippen molar-refractivity contribution in [1.29, 1.82) is 0 Å². The van der Waals surface area contributed by atoms with Crippen LogP contribution in [0.2, 0.25) is 0 Å². The molecule has 0 atom stereocenters. The Morgan fingerprint density at radius 1 is 0.387 bits per heavy atom. The van der Waals surface area contributed by atoms with Crippen molar-refractivity contribution in [2.75, 3.05) is 16.5 Å². The summed E-state index contributed by atoms with van der Waals surface area (Å²) in [5.74, 6) is 2.36. The van der Waals surface area contributed by atoms with Gasteiger partial charge in [0.1, 0.15) is 24.0 Å². The van der Waals surface area contributed by atoms with Gasteiger partial charge in [0.05, 0.1) is 67.7 Å². The fourth-order valence-electron chi connectivity index (χ4n) is 11.7. The summed E-state index contributed by atoms with van der Waals surface area (Å²) in [5, 5.41) is 7.19. The SMILES string of the molecule is CC(C)(C)c1ccnc(-n2c3ccccc3c3ccc(Oc4cccc(N5CN(c6c(-n7c8ccccc8c8ccccc87)cc(C(C)(C)C)cc6-n6c7ccccc7c7ccccc76)c6ccncc65)c4)cc32)c1. The van der Waals surface area contributed by atoms with Crippen molar-refractivity contribution in [3.63, 3.8) is 0 Å². The largest absolute Gasteiger partial charge is 0.457 e. The first kappa shape index (κ1) is 44.6. The summed E-state index contributed by atoms with van der Waals surface area (Å²) in [7, 11) is 0. The molecule has 0 aliphatic carbocycles. The first-order valence-electron chi connectivity index (χ1n) is 25.9. The van der Waals surface area contributed by atoms with Crippen molar-refractivity contribution >= 4 is 88.2 Å². The zero-order valence-corrected chi connectivity index (χ0v) is 43.0. The smallest absolute Gasteiger partial charge is 0.137 e. The van der Waals surface area contributed by atoms with Gasteiger partial charge in [0, 0.05) is 62.5 Å².